The van der Waals surface area contributed by atoms with Crippen molar-refractivity contribution in [3.05, 3.63) is 39.7 Å². The molecule has 1 aromatic heterocycles. The van der Waals surface area contributed by atoms with Crippen LogP contribution >= 0.6 is 11.3 Å². The van der Waals surface area contributed by atoms with Crippen LogP contribution in [0.25, 0.3) is 11.3 Å². The summed E-state index contributed by atoms with van der Waals surface area (Å²) in [6.07, 6.45) is 0. The minimum absolute atomic E-state index is 0.0794. The SMILES string of the molecule is CCOC(=O)CNCc1nc(-c2cc(C(C)(C)C)cc(C(C)(C)C)c2)cs1. The molecule has 0 amide bonds. The highest BCUT2D eigenvalue weighted by atomic mass is 32.1. The van der Waals surface area contributed by atoms with Crippen molar-refractivity contribution in [1.82, 2.24) is 10.3 Å². The van der Waals surface area contributed by atoms with Gasteiger partial charge in [0.1, 0.15) is 5.01 Å². The monoisotopic (exact) mass is 388 g/mol. The van der Waals surface area contributed by atoms with Gasteiger partial charge in [0.15, 0.2) is 0 Å². The third-order valence-electron chi connectivity index (χ3n) is 4.36. The fourth-order valence-corrected chi connectivity index (χ4v) is 3.42. The van der Waals surface area contributed by atoms with Crippen LogP contribution in [0.5, 0.6) is 0 Å². The molecule has 2 aromatic rings. The number of nitrogens with one attached hydrogen (secondary N) is 1. The molecule has 1 heterocycles. The molecular formula is C22H32N2O2S. The largest absolute Gasteiger partial charge is 0.465 e. The lowest BCUT2D eigenvalue weighted by atomic mass is 9.79. The van der Waals surface area contributed by atoms with Crippen molar-refractivity contribution in [2.24, 2.45) is 0 Å². The number of thiazole rings is 1. The third kappa shape index (κ3) is 6.15. The Kier molecular flexibility index (Phi) is 6.82. The van der Waals surface area contributed by atoms with Crippen LogP contribution in [0.2, 0.25) is 0 Å². The van der Waals surface area contributed by atoms with Crippen molar-refractivity contribution in [3.63, 3.8) is 0 Å². The van der Waals surface area contributed by atoms with Crippen LogP contribution in [0.4, 0.5) is 0 Å². The van der Waals surface area contributed by atoms with Crippen molar-refractivity contribution in [3.8, 4) is 11.3 Å². The lowest BCUT2D eigenvalue weighted by Gasteiger charge is -2.26. The van der Waals surface area contributed by atoms with Gasteiger partial charge in [-0.15, -0.1) is 11.3 Å². The van der Waals surface area contributed by atoms with E-state index in [2.05, 4.69) is 70.4 Å². The van der Waals surface area contributed by atoms with Crippen LogP contribution in [-0.4, -0.2) is 24.1 Å². The van der Waals surface area contributed by atoms with Crippen LogP contribution in [0.3, 0.4) is 0 Å². The molecule has 0 saturated carbocycles. The molecule has 0 spiro atoms. The van der Waals surface area contributed by atoms with E-state index >= 15 is 0 Å². The minimum Gasteiger partial charge on any atom is -0.465 e. The maximum atomic E-state index is 11.4. The van der Waals surface area contributed by atoms with Gasteiger partial charge in [-0.3, -0.25) is 4.79 Å². The number of esters is 1. The molecule has 1 aromatic carbocycles. The molecule has 0 aliphatic rings. The van der Waals surface area contributed by atoms with Crippen LogP contribution in [0.15, 0.2) is 23.6 Å². The summed E-state index contributed by atoms with van der Waals surface area (Å²) in [5.74, 6) is -0.234. The van der Waals surface area contributed by atoms with Gasteiger partial charge in [0.05, 0.1) is 18.8 Å². The zero-order chi connectivity index (χ0) is 20.2. The molecule has 0 unspecified atom stereocenters. The van der Waals surface area contributed by atoms with Gasteiger partial charge >= 0.3 is 5.97 Å². The smallest absolute Gasteiger partial charge is 0.319 e. The Labute approximate surface area is 167 Å². The van der Waals surface area contributed by atoms with Crippen molar-refractivity contribution in [2.45, 2.75) is 65.8 Å². The molecule has 4 nitrogen and oxygen atoms in total. The summed E-state index contributed by atoms with van der Waals surface area (Å²) in [4.78, 5) is 16.2. The van der Waals surface area contributed by atoms with Gasteiger partial charge in [-0.2, -0.15) is 0 Å². The molecule has 0 saturated heterocycles. The van der Waals surface area contributed by atoms with E-state index in [0.717, 1.165) is 16.3 Å². The van der Waals surface area contributed by atoms with Gasteiger partial charge in [-0.25, -0.2) is 4.98 Å². The van der Waals surface area contributed by atoms with Gasteiger partial charge in [-0.1, -0.05) is 47.6 Å². The maximum absolute atomic E-state index is 11.4. The van der Waals surface area contributed by atoms with Crippen LogP contribution < -0.4 is 5.32 Å². The first-order valence-electron chi connectivity index (χ1n) is 9.48. The second-order valence-electron chi connectivity index (χ2n) is 8.83. The lowest BCUT2D eigenvalue weighted by Crippen LogP contribution is -2.24. The third-order valence-corrected chi connectivity index (χ3v) is 5.21. The quantitative estimate of drug-likeness (QED) is 0.703. The summed E-state index contributed by atoms with van der Waals surface area (Å²) in [6.45, 7) is 16.4. The first-order chi connectivity index (χ1) is 12.5. The van der Waals surface area contributed by atoms with E-state index in [0.29, 0.717) is 13.2 Å². The highest BCUT2D eigenvalue weighted by molar-refractivity contribution is 7.09. The van der Waals surface area contributed by atoms with E-state index in [-0.39, 0.29) is 23.3 Å². The maximum Gasteiger partial charge on any atom is 0.319 e. The van der Waals surface area contributed by atoms with Gasteiger partial charge in [0.2, 0.25) is 0 Å². The lowest BCUT2D eigenvalue weighted by molar-refractivity contribution is -0.142. The molecule has 0 aliphatic heterocycles. The van der Waals surface area contributed by atoms with Crippen molar-refractivity contribution in [1.29, 1.82) is 0 Å². The summed E-state index contributed by atoms with van der Waals surface area (Å²) >= 11 is 1.61. The molecule has 2 rings (SSSR count). The summed E-state index contributed by atoms with van der Waals surface area (Å²) < 4.78 is 4.93. The topological polar surface area (TPSA) is 51.2 Å². The summed E-state index contributed by atoms with van der Waals surface area (Å²) in [6, 6.07) is 6.82. The number of hydrogen-bond donors (Lipinski definition) is 1. The Morgan fingerprint density at radius 2 is 1.67 bits per heavy atom. The first kappa shape index (κ1) is 21.6. The van der Waals surface area contributed by atoms with Crippen molar-refractivity contribution < 1.29 is 9.53 Å². The van der Waals surface area contributed by atoms with E-state index in [9.17, 15) is 4.79 Å². The molecule has 0 atom stereocenters. The van der Waals surface area contributed by atoms with Gasteiger partial charge in [0, 0.05) is 17.5 Å². The second-order valence-corrected chi connectivity index (χ2v) is 9.78. The molecular weight excluding hydrogens is 356 g/mol. The van der Waals surface area contributed by atoms with E-state index in [1.54, 1.807) is 11.3 Å². The molecule has 1 N–H and O–H groups in total. The molecule has 0 aliphatic carbocycles. The normalized spacial score (nSPS) is 12.3. The van der Waals surface area contributed by atoms with E-state index in [1.165, 1.54) is 11.1 Å². The molecule has 0 fully saturated rings. The summed E-state index contributed by atoms with van der Waals surface area (Å²) in [5, 5.41) is 6.15. The number of carbonyl (C=O) groups is 1. The predicted octanol–water partition coefficient (Wildman–Crippen LogP) is 5.06. The highest BCUT2D eigenvalue weighted by Gasteiger charge is 2.21. The second kappa shape index (κ2) is 8.53. The Morgan fingerprint density at radius 3 is 2.19 bits per heavy atom. The van der Waals surface area contributed by atoms with Gasteiger partial charge < -0.3 is 10.1 Å². The van der Waals surface area contributed by atoms with Crippen LogP contribution in [0.1, 0.15) is 64.6 Å². The van der Waals surface area contributed by atoms with Gasteiger partial charge in [-0.05, 0) is 41.0 Å². The predicted molar refractivity (Wildman–Crippen MR) is 113 cm³/mol. The van der Waals surface area contributed by atoms with Crippen molar-refractivity contribution in [2.75, 3.05) is 13.2 Å². The van der Waals surface area contributed by atoms with Gasteiger partial charge in [0.25, 0.3) is 0 Å². The molecule has 0 radical (unpaired) electrons. The average Bonchev–Trinajstić information content (AvgIpc) is 3.02. The number of aromatic nitrogens is 1. The van der Waals surface area contributed by atoms with E-state index in [4.69, 9.17) is 9.72 Å². The number of carbonyl (C=O) groups excluding carboxylic acids is 1. The van der Waals surface area contributed by atoms with Crippen LogP contribution in [-0.2, 0) is 26.9 Å². The first-order valence-corrected chi connectivity index (χ1v) is 10.4. The standard InChI is InChI=1S/C22H32N2O2S/c1-8-26-20(25)13-23-12-19-24-18(14-27-19)15-9-16(21(2,3)4)11-17(10-15)22(5,6)7/h9-11,14,23H,8,12-13H2,1-7H3. The Morgan fingerprint density at radius 1 is 1.07 bits per heavy atom. The number of nitrogens with zero attached hydrogens (tertiary/aromatic N) is 1. The molecule has 27 heavy (non-hydrogen) atoms. The Bertz CT molecular complexity index is 750. The van der Waals surface area contributed by atoms with E-state index < -0.39 is 0 Å². The van der Waals surface area contributed by atoms with Crippen molar-refractivity contribution >= 4 is 17.3 Å². The molecule has 0 bridgehead atoms. The fourth-order valence-electron chi connectivity index (χ4n) is 2.65. The Balaban J connectivity index is 2.23. The summed E-state index contributed by atoms with van der Waals surface area (Å²) in [7, 11) is 0. The van der Waals surface area contributed by atoms with Crippen LogP contribution in [0, 0.1) is 0 Å². The highest BCUT2D eigenvalue weighted by Crippen LogP contribution is 2.34. The number of hydrogen-bond acceptors (Lipinski definition) is 5. The zero-order valence-corrected chi connectivity index (χ0v) is 18.4. The minimum atomic E-state index is -0.234. The Hall–Kier alpha value is -1.72. The zero-order valence-electron chi connectivity index (χ0n) is 17.6. The number of ether oxygens (including phenoxy) is 1. The number of rotatable bonds is 6. The summed E-state index contributed by atoms with van der Waals surface area (Å²) in [5.41, 5.74) is 4.94. The molecule has 148 valence electrons. The fraction of sp³-hybridized carbons (Fsp3) is 0.545. The van der Waals surface area contributed by atoms with E-state index in [1.807, 2.05) is 6.92 Å². The molecule has 5 heteroatoms. The average molecular weight is 389 g/mol. The number of benzene rings is 1.